The van der Waals surface area contributed by atoms with Gasteiger partial charge < -0.3 is 21.1 Å². The Morgan fingerprint density at radius 2 is 2.22 bits per heavy atom. The Morgan fingerprint density at radius 1 is 1.56 bits per heavy atom. The number of nitrogen functional groups attached to an aromatic ring is 1. The van der Waals surface area contributed by atoms with Gasteiger partial charge in [-0.25, -0.2) is 9.78 Å². The number of aromatic carboxylic acids is 1. The summed E-state index contributed by atoms with van der Waals surface area (Å²) >= 11 is 0. The molecule has 7 nitrogen and oxygen atoms in total. The molecule has 1 amide bonds. The summed E-state index contributed by atoms with van der Waals surface area (Å²) in [7, 11) is 1.66. The molecule has 4 N–H and O–H groups in total. The second kappa shape index (κ2) is 5.85. The van der Waals surface area contributed by atoms with Gasteiger partial charge in [-0.2, -0.15) is 0 Å². The zero-order chi connectivity index (χ0) is 13.7. The number of carboxylic acid groups (broad SMARTS) is 1. The predicted octanol–water partition coefficient (Wildman–Crippen LogP) is -0.0657. The first kappa shape index (κ1) is 13.8. The predicted molar refractivity (Wildman–Crippen MR) is 67.6 cm³/mol. The zero-order valence-electron chi connectivity index (χ0n) is 10.3. The number of anilines is 2. The molecule has 0 aliphatic carbocycles. The fourth-order valence-electron chi connectivity index (χ4n) is 1.45. The number of carboxylic acids is 1. The summed E-state index contributed by atoms with van der Waals surface area (Å²) in [4.78, 5) is 27.6. The van der Waals surface area contributed by atoms with Gasteiger partial charge in [0.15, 0.2) is 5.82 Å². The maximum absolute atomic E-state index is 11.4. The maximum Gasteiger partial charge on any atom is 0.337 e. The van der Waals surface area contributed by atoms with Gasteiger partial charge in [-0.15, -0.1) is 0 Å². The summed E-state index contributed by atoms with van der Waals surface area (Å²) in [5, 5.41) is 11.4. The van der Waals surface area contributed by atoms with Gasteiger partial charge in [-0.3, -0.25) is 4.79 Å². The molecule has 98 valence electrons. The molecule has 0 spiro atoms. The molecule has 0 aliphatic rings. The summed E-state index contributed by atoms with van der Waals surface area (Å²) in [5.74, 6) is -0.859. The fourth-order valence-corrected chi connectivity index (χ4v) is 1.45. The third-order valence-electron chi connectivity index (χ3n) is 2.26. The molecule has 0 aliphatic heterocycles. The maximum atomic E-state index is 11.4. The van der Waals surface area contributed by atoms with Crippen LogP contribution in [0.25, 0.3) is 0 Å². The molecule has 1 aromatic rings. The Hall–Kier alpha value is -2.31. The molecule has 0 bridgehead atoms. The van der Waals surface area contributed by atoms with Gasteiger partial charge in [0.1, 0.15) is 0 Å². The minimum absolute atomic E-state index is 0.0164. The largest absolute Gasteiger partial charge is 0.478 e. The summed E-state index contributed by atoms with van der Waals surface area (Å²) in [6.45, 7) is 2.48. The normalized spacial score (nSPS) is 9.89. The van der Waals surface area contributed by atoms with Crippen molar-refractivity contribution in [3.8, 4) is 0 Å². The van der Waals surface area contributed by atoms with E-state index >= 15 is 0 Å². The molecule has 1 aromatic heterocycles. The number of amides is 1. The average molecular weight is 252 g/mol. The van der Waals surface area contributed by atoms with Gasteiger partial charge >= 0.3 is 5.97 Å². The lowest BCUT2D eigenvalue weighted by molar-refractivity contribution is -0.119. The first-order chi connectivity index (χ1) is 8.45. The standard InChI is InChI=1S/C11H16N4O3/c1-3-13-9(16)6-15(2)10-8(12)4-7(5-14-10)11(17)18/h4-5H,3,6,12H2,1-2H3,(H,13,16)(H,17,18). The van der Waals surface area contributed by atoms with E-state index in [1.807, 2.05) is 6.92 Å². The highest BCUT2D eigenvalue weighted by molar-refractivity contribution is 5.89. The lowest BCUT2D eigenvalue weighted by Crippen LogP contribution is -2.35. The lowest BCUT2D eigenvalue weighted by atomic mass is 10.2. The molecule has 0 saturated carbocycles. The van der Waals surface area contributed by atoms with E-state index in [1.165, 1.54) is 12.3 Å². The van der Waals surface area contributed by atoms with E-state index in [-0.39, 0.29) is 23.7 Å². The quantitative estimate of drug-likeness (QED) is 0.677. The van der Waals surface area contributed by atoms with Crippen LogP contribution in [0.15, 0.2) is 12.3 Å². The van der Waals surface area contributed by atoms with E-state index in [2.05, 4.69) is 10.3 Å². The van der Waals surface area contributed by atoms with Crippen molar-refractivity contribution in [2.45, 2.75) is 6.92 Å². The van der Waals surface area contributed by atoms with E-state index in [1.54, 1.807) is 11.9 Å². The van der Waals surface area contributed by atoms with Crippen LogP contribution in [0.3, 0.4) is 0 Å². The van der Waals surface area contributed by atoms with Gasteiger partial charge in [0.25, 0.3) is 0 Å². The van der Waals surface area contributed by atoms with Crippen molar-refractivity contribution in [1.82, 2.24) is 10.3 Å². The van der Waals surface area contributed by atoms with Crippen LogP contribution in [-0.4, -0.2) is 42.1 Å². The number of nitrogens with one attached hydrogen (secondary N) is 1. The number of rotatable bonds is 5. The molecule has 0 atom stereocenters. The second-order valence-electron chi connectivity index (χ2n) is 3.75. The van der Waals surface area contributed by atoms with Crippen LogP contribution in [0.5, 0.6) is 0 Å². The Kier molecular flexibility index (Phi) is 4.47. The zero-order valence-corrected chi connectivity index (χ0v) is 10.3. The molecule has 0 saturated heterocycles. The minimum atomic E-state index is -1.09. The van der Waals surface area contributed by atoms with Crippen molar-refractivity contribution in [3.63, 3.8) is 0 Å². The highest BCUT2D eigenvalue weighted by atomic mass is 16.4. The van der Waals surface area contributed by atoms with Gasteiger partial charge in [0.2, 0.25) is 5.91 Å². The van der Waals surface area contributed by atoms with Gasteiger partial charge in [0, 0.05) is 19.8 Å². The number of nitrogens with zero attached hydrogens (tertiary/aromatic N) is 2. The van der Waals surface area contributed by atoms with Crippen LogP contribution in [-0.2, 0) is 4.79 Å². The lowest BCUT2D eigenvalue weighted by Gasteiger charge is -2.19. The number of hydrogen-bond acceptors (Lipinski definition) is 5. The third kappa shape index (κ3) is 3.34. The van der Waals surface area contributed by atoms with Crippen LogP contribution in [0, 0.1) is 0 Å². The molecular weight excluding hydrogens is 236 g/mol. The first-order valence-corrected chi connectivity index (χ1v) is 5.42. The van der Waals surface area contributed by atoms with Crippen LogP contribution >= 0.6 is 0 Å². The van der Waals surface area contributed by atoms with Crippen molar-refractivity contribution >= 4 is 23.4 Å². The van der Waals surface area contributed by atoms with Crippen molar-refractivity contribution in [3.05, 3.63) is 17.8 Å². The summed E-state index contributed by atoms with van der Waals surface area (Å²) < 4.78 is 0. The second-order valence-corrected chi connectivity index (χ2v) is 3.75. The topological polar surface area (TPSA) is 109 Å². The van der Waals surface area contributed by atoms with Crippen molar-refractivity contribution in [1.29, 1.82) is 0 Å². The molecule has 1 rings (SSSR count). The number of pyridine rings is 1. The van der Waals surface area contributed by atoms with E-state index in [0.29, 0.717) is 12.4 Å². The van der Waals surface area contributed by atoms with E-state index in [9.17, 15) is 9.59 Å². The Morgan fingerprint density at radius 3 is 2.72 bits per heavy atom. The summed E-state index contributed by atoms with van der Waals surface area (Å²) in [5.41, 5.74) is 5.95. The molecular formula is C11H16N4O3. The third-order valence-corrected chi connectivity index (χ3v) is 2.26. The summed E-state index contributed by atoms with van der Waals surface area (Å²) in [6.07, 6.45) is 1.21. The number of hydrogen-bond donors (Lipinski definition) is 3. The smallest absolute Gasteiger partial charge is 0.337 e. The van der Waals surface area contributed by atoms with Gasteiger partial charge in [0.05, 0.1) is 17.8 Å². The molecule has 1 heterocycles. The van der Waals surface area contributed by atoms with Crippen LogP contribution in [0.1, 0.15) is 17.3 Å². The van der Waals surface area contributed by atoms with Crippen molar-refractivity contribution < 1.29 is 14.7 Å². The monoisotopic (exact) mass is 252 g/mol. The van der Waals surface area contributed by atoms with Crippen LogP contribution in [0.4, 0.5) is 11.5 Å². The number of nitrogens with two attached hydrogens (primary N) is 1. The number of carbonyl (C=O) groups excluding carboxylic acids is 1. The summed E-state index contributed by atoms with van der Waals surface area (Å²) in [6, 6.07) is 1.32. The van der Waals surface area contributed by atoms with E-state index in [4.69, 9.17) is 10.8 Å². The number of aromatic nitrogens is 1. The van der Waals surface area contributed by atoms with E-state index < -0.39 is 5.97 Å². The fraction of sp³-hybridized carbons (Fsp3) is 0.364. The van der Waals surface area contributed by atoms with Crippen LogP contribution in [0.2, 0.25) is 0 Å². The Labute approximate surface area is 105 Å². The Bertz CT molecular complexity index is 462. The van der Waals surface area contributed by atoms with E-state index in [0.717, 1.165) is 0 Å². The highest BCUT2D eigenvalue weighted by Gasteiger charge is 2.13. The molecule has 0 fully saturated rings. The number of likely N-dealkylation sites (N-methyl/N-ethyl adjacent to an activating group) is 2. The molecule has 18 heavy (non-hydrogen) atoms. The minimum Gasteiger partial charge on any atom is -0.478 e. The molecule has 7 heteroatoms. The number of carbonyl (C=O) groups is 2. The van der Waals surface area contributed by atoms with Gasteiger partial charge in [-0.05, 0) is 13.0 Å². The molecule has 0 unspecified atom stereocenters. The highest BCUT2D eigenvalue weighted by Crippen LogP contribution is 2.19. The average Bonchev–Trinajstić information content (AvgIpc) is 2.28. The van der Waals surface area contributed by atoms with Crippen LogP contribution < -0.4 is 16.0 Å². The molecule has 0 aromatic carbocycles. The first-order valence-electron chi connectivity index (χ1n) is 5.42. The Balaban J connectivity index is 2.83. The van der Waals surface area contributed by atoms with Crippen molar-refractivity contribution in [2.24, 2.45) is 0 Å². The van der Waals surface area contributed by atoms with Gasteiger partial charge in [-0.1, -0.05) is 0 Å². The van der Waals surface area contributed by atoms with Crippen molar-refractivity contribution in [2.75, 3.05) is 30.8 Å². The SMILES string of the molecule is CCNC(=O)CN(C)c1ncc(C(=O)O)cc1N. The molecule has 0 radical (unpaired) electrons.